The van der Waals surface area contributed by atoms with Crippen LogP contribution in [0, 0.1) is 5.92 Å². The minimum Gasteiger partial charge on any atom is -0.353 e. The average molecular weight is 365 g/mol. The number of rotatable bonds is 4. The van der Waals surface area contributed by atoms with Gasteiger partial charge in [0.1, 0.15) is 0 Å². The van der Waals surface area contributed by atoms with Gasteiger partial charge in [-0.05, 0) is 30.5 Å². The van der Waals surface area contributed by atoms with Crippen molar-refractivity contribution >= 4 is 15.9 Å². The lowest BCUT2D eigenvalue weighted by atomic mass is 9.88. The van der Waals surface area contributed by atoms with Gasteiger partial charge in [0.2, 0.25) is 15.9 Å². The molecule has 1 saturated heterocycles. The number of pyridine rings is 1. The molecule has 0 bridgehead atoms. The summed E-state index contributed by atoms with van der Waals surface area (Å²) in [6.45, 7) is 0.607. The normalized spacial score (nSPS) is 26.3. The molecule has 1 N–H and O–H groups in total. The molecule has 2 atom stereocenters. The molecule has 0 aromatic carbocycles. The highest BCUT2D eigenvalue weighted by atomic mass is 32.2. The standard InChI is InChI=1S/C18H27N3O3S/c1-25(23,24)21-12-16(14-8-10-19-11-9-14)17(13-21)18(22)20-15-6-4-2-3-5-7-15/h8-11,15-17H,2-7,12-13H2,1H3,(H,20,22)/t16-,17+/m0/s1. The highest BCUT2D eigenvalue weighted by Crippen LogP contribution is 2.34. The molecule has 25 heavy (non-hydrogen) atoms. The fourth-order valence-corrected chi connectivity index (χ4v) is 4.85. The van der Waals surface area contributed by atoms with Crippen LogP contribution in [0.2, 0.25) is 0 Å². The minimum atomic E-state index is -3.31. The van der Waals surface area contributed by atoms with Crippen molar-refractivity contribution in [3.63, 3.8) is 0 Å². The van der Waals surface area contributed by atoms with Crippen LogP contribution in [-0.4, -0.2) is 49.0 Å². The first-order valence-corrected chi connectivity index (χ1v) is 11.0. The summed E-state index contributed by atoms with van der Waals surface area (Å²) in [5.74, 6) is -0.483. The molecule has 1 saturated carbocycles. The Hall–Kier alpha value is -1.47. The number of carbonyl (C=O) groups excluding carboxylic acids is 1. The number of nitrogens with one attached hydrogen (secondary N) is 1. The molecule has 0 radical (unpaired) electrons. The predicted molar refractivity (Wildman–Crippen MR) is 96.5 cm³/mol. The maximum Gasteiger partial charge on any atom is 0.225 e. The van der Waals surface area contributed by atoms with Crippen molar-refractivity contribution in [3.05, 3.63) is 30.1 Å². The molecule has 1 aromatic rings. The Bertz CT molecular complexity index is 685. The van der Waals surface area contributed by atoms with E-state index in [1.165, 1.54) is 23.4 Å². The summed E-state index contributed by atoms with van der Waals surface area (Å²) < 4.78 is 25.4. The Kier molecular flexibility index (Phi) is 5.74. The molecule has 3 rings (SSSR count). The fraction of sp³-hybridized carbons (Fsp3) is 0.667. The third-order valence-electron chi connectivity index (χ3n) is 5.43. The largest absolute Gasteiger partial charge is 0.353 e. The van der Waals surface area contributed by atoms with Crippen molar-refractivity contribution < 1.29 is 13.2 Å². The Balaban J connectivity index is 1.76. The Labute approximate surface area is 150 Å². The van der Waals surface area contributed by atoms with E-state index in [0.717, 1.165) is 31.2 Å². The second-order valence-electron chi connectivity index (χ2n) is 7.27. The quantitative estimate of drug-likeness (QED) is 0.827. The molecule has 138 valence electrons. The molecule has 2 aliphatic rings. The molecule has 1 aliphatic heterocycles. The molecule has 1 aromatic heterocycles. The lowest BCUT2D eigenvalue weighted by Gasteiger charge is -2.22. The van der Waals surface area contributed by atoms with Crippen molar-refractivity contribution in [1.29, 1.82) is 0 Å². The van der Waals surface area contributed by atoms with E-state index in [9.17, 15) is 13.2 Å². The van der Waals surface area contributed by atoms with Crippen LogP contribution >= 0.6 is 0 Å². The Morgan fingerprint density at radius 3 is 2.36 bits per heavy atom. The maximum absolute atomic E-state index is 12.9. The summed E-state index contributed by atoms with van der Waals surface area (Å²) in [6, 6.07) is 3.98. The van der Waals surface area contributed by atoms with E-state index in [0.29, 0.717) is 6.54 Å². The van der Waals surface area contributed by atoms with Gasteiger partial charge in [-0.25, -0.2) is 12.7 Å². The van der Waals surface area contributed by atoms with Crippen molar-refractivity contribution in [2.45, 2.75) is 50.5 Å². The number of carbonyl (C=O) groups is 1. The number of hydrogen-bond donors (Lipinski definition) is 1. The zero-order chi connectivity index (χ0) is 17.9. The van der Waals surface area contributed by atoms with Gasteiger partial charge < -0.3 is 5.32 Å². The maximum atomic E-state index is 12.9. The summed E-state index contributed by atoms with van der Waals surface area (Å²) >= 11 is 0. The lowest BCUT2D eigenvalue weighted by Crippen LogP contribution is -2.41. The minimum absolute atomic E-state index is 0.0140. The first kappa shape index (κ1) is 18.3. The zero-order valence-corrected chi connectivity index (χ0v) is 15.5. The molecular formula is C18H27N3O3S. The van der Waals surface area contributed by atoms with Crippen LogP contribution in [0.4, 0.5) is 0 Å². The summed E-state index contributed by atoms with van der Waals surface area (Å²) in [5.41, 5.74) is 0.974. The first-order valence-electron chi connectivity index (χ1n) is 9.10. The number of hydrogen-bond acceptors (Lipinski definition) is 4. The predicted octanol–water partition coefficient (Wildman–Crippen LogP) is 1.90. The van der Waals surface area contributed by atoms with Gasteiger partial charge in [0.15, 0.2) is 0 Å². The number of nitrogens with zero attached hydrogens (tertiary/aromatic N) is 2. The molecule has 6 nitrogen and oxygen atoms in total. The highest BCUT2D eigenvalue weighted by Gasteiger charge is 2.42. The molecule has 2 heterocycles. The van der Waals surface area contributed by atoms with E-state index in [4.69, 9.17) is 0 Å². The first-order chi connectivity index (χ1) is 11.9. The molecular weight excluding hydrogens is 338 g/mol. The van der Waals surface area contributed by atoms with E-state index < -0.39 is 10.0 Å². The van der Waals surface area contributed by atoms with Crippen LogP contribution in [0.15, 0.2) is 24.5 Å². The molecule has 7 heteroatoms. The average Bonchev–Trinajstić information content (AvgIpc) is 2.90. The number of amides is 1. The van der Waals surface area contributed by atoms with Crippen LogP contribution in [0.3, 0.4) is 0 Å². The Morgan fingerprint density at radius 2 is 1.76 bits per heavy atom. The SMILES string of the molecule is CS(=O)(=O)N1C[C@@H](C(=O)NC2CCCCCC2)[C@H](c2ccncc2)C1. The molecule has 2 fully saturated rings. The summed E-state index contributed by atoms with van der Waals surface area (Å²) in [6.07, 6.45) is 11.4. The van der Waals surface area contributed by atoms with Gasteiger partial charge in [-0.1, -0.05) is 25.7 Å². The smallest absolute Gasteiger partial charge is 0.225 e. The Morgan fingerprint density at radius 1 is 1.12 bits per heavy atom. The second-order valence-corrected chi connectivity index (χ2v) is 9.25. The van der Waals surface area contributed by atoms with Gasteiger partial charge in [-0.15, -0.1) is 0 Å². The van der Waals surface area contributed by atoms with Crippen LogP contribution in [0.1, 0.15) is 50.0 Å². The molecule has 1 amide bonds. The summed E-state index contributed by atoms with van der Waals surface area (Å²) in [4.78, 5) is 17.0. The highest BCUT2D eigenvalue weighted by molar-refractivity contribution is 7.88. The van der Waals surface area contributed by atoms with Gasteiger partial charge in [0.25, 0.3) is 0 Å². The van der Waals surface area contributed by atoms with Crippen molar-refractivity contribution in [2.24, 2.45) is 5.92 Å². The topological polar surface area (TPSA) is 79.4 Å². The van der Waals surface area contributed by atoms with E-state index in [1.807, 2.05) is 12.1 Å². The molecule has 0 unspecified atom stereocenters. The zero-order valence-electron chi connectivity index (χ0n) is 14.7. The van der Waals surface area contributed by atoms with Gasteiger partial charge >= 0.3 is 0 Å². The third-order valence-corrected chi connectivity index (χ3v) is 6.66. The monoisotopic (exact) mass is 365 g/mol. The van der Waals surface area contributed by atoms with Gasteiger partial charge in [-0.3, -0.25) is 9.78 Å². The van der Waals surface area contributed by atoms with E-state index in [1.54, 1.807) is 12.4 Å². The molecule has 0 spiro atoms. The van der Waals surface area contributed by atoms with E-state index in [2.05, 4.69) is 10.3 Å². The van der Waals surface area contributed by atoms with Crippen LogP contribution < -0.4 is 5.32 Å². The van der Waals surface area contributed by atoms with Crippen LogP contribution in [0.25, 0.3) is 0 Å². The van der Waals surface area contributed by atoms with Gasteiger partial charge in [0, 0.05) is 37.4 Å². The summed E-state index contributed by atoms with van der Waals surface area (Å²) in [7, 11) is -3.31. The van der Waals surface area contributed by atoms with E-state index in [-0.39, 0.29) is 30.3 Å². The summed E-state index contributed by atoms with van der Waals surface area (Å²) in [5, 5.41) is 3.20. The number of sulfonamides is 1. The van der Waals surface area contributed by atoms with Crippen molar-refractivity contribution in [2.75, 3.05) is 19.3 Å². The number of aromatic nitrogens is 1. The van der Waals surface area contributed by atoms with E-state index >= 15 is 0 Å². The third kappa shape index (κ3) is 4.58. The second kappa shape index (κ2) is 7.83. The van der Waals surface area contributed by atoms with Crippen LogP contribution in [0.5, 0.6) is 0 Å². The van der Waals surface area contributed by atoms with Crippen molar-refractivity contribution in [1.82, 2.24) is 14.6 Å². The fourth-order valence-electron chi connectivity index (χ4n) is 3.98. The van der Waals surface area contributed by atoms with Gasteiger partial charge in [0.05, 0.1) is 12.2 Å². The van der Waals surface area contributed by atoms with Crippen LogP contribution in [-0.2, 0) is 14.8 Å². The van der Waals surface area contributed by atoms with Crippen molar-refractivity contribution in [3.8, 4) is 0 Å². The molecule has 1 aliphatic carbocycles. The lowest BCUT2D eigenvalue weighted by molar-refractivity contribution is -0.125. The van der Waals surface area contributed by atoms with Gasteiger partial charge in [-0.2, -0.15) is 0 Å².